The maximum atomic E-state index is 5.78. The Balaban J connectivity index is 1.48. The van der Waals surface area contributed by atoms with Gasteiger partial charge in [0.15, 0.2) is 0 Å². The second-order valence-corrected chi connectivity index (χ2v) is 7.06. The zero-order valence-corrected chi connectivity index (χ0v) is 13.1. The molecule has 0 aliphatic heterocycles. The van der Waals surface area contributed by atoms with Gasteiger partial charge in [0, 0.05) is 0 Å². The van der Waals surface area contributed by atoms with Crippen LogP contribution in [0.25, 0.3) is 0 Å². The molecule has 2 saturated carbocycles. The molecule has 2 fully saturated rings. The minimum Gasteiger partial charge on any atom is -0.0967 e. The molecular weight excluding hydrogens is 251 g/mol. The minimum absolute atomic E-state index is 0.755. The van der Waals surface area contributed by atoms with Gasteiger partial charge >= 0.3 is 0 Å². The van der Waals surface area contributed by atoms with Gasteiger partial charge in [-0.3, -0.25) is 0 Å². The van der Waals surface area contributed by atoms with E-state index in [1.165, 1.54) is 63.4 Å². The molecule has 2 aliphatic carbocycles. The lowest BCUT2D eigenvalue weighted by Gasteiger charge is -2.28. The molecular formula is C20H27B. The van der Waals surface area contributed by atoms with E-state index in [0.717, 1.165) is 23.2 Å². The lowest BCUT2D eigenvalue weighted by atomic mass is 9.77. The van der Waals surface area contributed by atoms with Crippen molar-refractivity contribution in [3.8, 4) is 0 Å². The van der Waals surface area contributed by atoms with Crippen molar-refractivity contribution in [3.05, 3.63) is 42.0 Å². The quantitative estimate of drug-likeness (QED) is 0.545. The van der Waals surface area contributed by atoms with E-state index in [1.807, 2.05) is 12.1 Å². The van der Waals surface area contributed by atoms with Gasteiger partial charge < -0.3 is 0 Å². The molecule has 0 unspecified atom stereocenters. The van der Waals surface area contributed by atoms with Gasteiger partial charge in [-0.1, -0.05) is 61.1 Å². The Morgan fingerprint density at radius 3 is 1.90 bits per heavy atom. The fraction of sp³-hybridized carbons (Fsp3) is 0.600. The van der Waals surface area contributed by atoms with Crippen molar-refractivity contribution in [3.63, 3.8) is 0 Å². The van der Waals surface area contributed by atoms with Gasteiger partial charge in [0.2, 0.25) is 0 Å². The Morgan fingerprint density at radius 1 is 0.714 bits per heavy atom. The summed E-state index contributed by atoms with van der Waals surface area (Å²) in [5.41, 5.74) is 2.36. The first-order valence-corrected chi connectivity index (χ1v) is 8.85. The summed E-state index contributed by atoms with van der Waals surface area (Å²) in [6.07, 6.45) is 17.7. The average Bonchev–Trinajstić information content (AvgIpc) is 2.55. The zero-order chi connectivity index (χ0) is 14.5. The van der Waals surface area contributed by atoms with E-state index in [9.17, 15) is 0 Å². The van der Waals surface area contributed by atoms with Crippen LogP contribution >= 0.6 is 0 Å². The Hall–Kier alpha value is -0.975. The number of rotatable bonds is 3. The van der Waals surface area contributed by atoms with Crippen molar-refractivity contribution in [2.45, 2.75) is 63.7 Å². The van der Waals surface area contributed by atoms with Crippen LogP contribution < -0.4 is 5.46 Å². The molecule has 0 bridgehead atoms. The first-order valence-electron chi connectivity index (χ1n) is 8.85. The standard InChI is InChI=1S/C20H27B/c21-20-14-12-19(13-15-20)18-10-8-17(9-11-18)7-6-16-4-2-1-3-5-16/h6-7,12-18H,1-5,8-11H2. The van der Waals surface area contributed by atoms with Crippen molar-refractivity contribution in [2.24, 2.45) is 11.8 Å². The molecule has 0 atom stereocenters. The van der Waals surface area contributed by atoms with Gasteiger partial charge in [0.25, 0.3) is 0 Å². The van der Waals surface area contributed by atoms with Crippen molar-refractivity contribution >= 4 is 13.3 Å². The Bertz CT molecular complexity index is 445. The third kappa shape index (κ3) is 4.25. The SMILES string of the molecule is [B]c1ccc(C2CCC(C=CC3CCCCC3)CC2)cc1. The maximum Gasteiger partial charge on any atom is 0.113 e. The monoisotopic (exact) mass is 278 g/mol. The molecule has 0 heterocycles. The van der Waals surface area contributed by atoms with Crippen LogP contribution in [-0.2, 0) is 0 Å². The van der Waals surface area contributed by atoms with Crippen LogP contribution in [0.3, 0.4) is 0 Å². The highest BCUT2D eigenvalue weighted by Gasteiger charge is 2.21. The summed E-state index contributed by atoms with van der Waals surface area (Å²) in [5, 5.41) is 0. The normalized spacial score (nSPS) is 28.0. The molecule has 0 nitrogen and oxygen atoms in total. The topological polar surface area (TPSA) is 0 Å². The van der Waals surface area contributed by atoms with Crippen LogP contribution in [0.2, 0.25) is 0 Å². The van der Waals surface area contributed by atoms with Crippen LogP contribution in [0, 0.1) is 11.8 Å². The number of hydrogen-bond donors (Lipinski definition) is 0. The Labute approximate surface area is 131 Å². The van der Waals surface area contributed by atoms with Crippen molar-refractivity contribution in [2.75, 3.05) is 0 Å². The molecule has 0 amide bonds. The first-order chi connectivity index (χ1) is 10.3. The van der Waals surface area contributed by atoms with Crippen molar-refractivity contribution < 1.29 is 0 Å². The average molecular weight is 278 g/mol. The fourth-order valence-corrected chi connectivity index (χ4v) is 4.05. The summed E-state index contributed by atoms with van der Waals surface area (Å²) in [6, 6.07) is 8.53. The van der Waals surface area contributed by atoms with Crippen LogP contribution in [0.5, 0.6) is 0 Å². The van der Waals surface area contributed by atoms with Gasteiger partial charge in [-0.25, -0.2) is 0 Å². The number of benzene rings is 1. The maximum absolute atomic E-state index is 5.78. The molecule has 0 N–H and O–H groups in total. The molecule has 21 heavy (non-hydrogen) atoms. The summed E-state index contributed by atoms with van der Waals surface area (Å²) in [5.74, 6) is 2.47. The highest BCUT2D eigenvalue weighted by molar-refractivity contribution is 6.32. The summed E-state index contributed by atoms with van der Waals surface area (Å²) < 4.78 is 0. The highest BCUT2D eigenvalue weighted by Crippen LogP contribution is 2.36. The second-order valence-electron chi connectivity index (χ2n) is 7.06. The van der Waals surface area contributed by atoms with Gasteiger partial charge in [-0.05, 0) is 61.8 Å². The Morgan fingerprint density at radius 2 is 1.29 bits per heavy atom. The van der Waals surface area contributed by atoms with E-state index in [2.05, 4.69) is 24.3 Å². The predicted octanol–water partition coefficient (Wildman–Crippen LogP) is 4.89. The largest absolute Gasteiger partial charge is 0.113 e. The van der Waals surface area contributed by atoms with Crippen LogP contribution in [0.4, 0.5) is 0 Å². The number of allylic oxidation sites excluding steroid dienone is 2. The van der Waals surface area contributed by atoms with E-state index in [1.54, 1.807) is 0 Å². The van der Waals surface area contributed by atoms with Gasteiger partial charge in [-0.2, -0.15) is 0 Å². The highest BCUT2D eigenvalue weighted by atomic mass is 14.3. The molecule has 2 radical (unpaired) electrons. The molecule has 1 aromatic carbocycles. The minimum atomic E-state index is 0.755. The third-order valence-electron chi connectivity index (χ3n) is 5.48. The lowest BCUT2D eigenvalue weighted by Crippen LogP contribution is -2.13. The van der Waals surface area contributed by atoms with Gasteiger partial charge in [0.05, 0.1) is 0 Å². The summed E-state index contributed by atoms with van der Waals surface area (Å²) in [6.45, 7) is 0. The third-order valence-corrected chi connectivity index (χ3v) is 5.48. The smallest absolute Gasteiger partial charge is 0.0967 e. The lowest BCUT2D eigenvalue weighted by molar-refractivity contribution is 0.370. The van der Waals surface area contributed by atoms with E-state index in [-0.39, 0.29) is 0 Å². The molecule has 1 aromatic rings. The van der Waals surface area contributed by atoms with E-state index in [4.69, 9.17) is 7.85 Å². The molecule has 0 spiro atoms. The van der Waals surface area contributed by atoms with Crippen LogP contribution in [0.1, 0.15) is 69.3 Å². The van der Waals surface area contributed by atoms with E-state index < -0.39 is 0 Å². The predicted molar refractivity (Wildman–Crippen MR) is 92.2 cm³/mol. The van der Waals surface area contributed by atoms with Crippen molar-refractivity contribution in [1.29, 1.82) is 0 Å². The Kier molecular flexibility index (Phi) is 5.22. The first kappa shape index (κ1) is 14.9. The molecule has 3 rings (SSSR count). The molecule has 110 valence electrons. The van der Waals surface area contributed by atoms with Crippen molar-refractivity contribution in [1.82, 2.24) is 0 Å². The van der Waals surface area contributed by atoms with Gasteiger partial charge in [-0.15, -0.1) is 0 Å². The molecule has 0 aromatic heterocycles. The van der Waals surface area contributed by atoms with Crippen LogP contribution in [-0.4, -0.2) is 7.85 Å². The molecule has 2 aliphatic rings. The molecule has 1 heteroatoms. The van der Waals surface area contributed by atoms with E-state index >= 15 is 0 Å². The van der Waals surface area contributed by atoms with Gasteiger partial charge in [0.1, 0.15) is 7.85 Å². The summed E-state index contributed by atoms with van der Waals surface area (Å²) >= 11 is 0. The fourth-order valence-electron chi connectivity index (χ4n) is 4.05. The summed E-state index contributed by atoms with van der Waals surface area (Å²) in [7, 11) is 5.78. The van der Waals surface area contributed by atoms with E-state index in [0.29, 0.717) is 0 Å². The summed E-state index contributed by atoms with van der Waals surface area (Å²) in [4.78, 5) is 0. The zero-order valence-electron chi connectivity index (χ0n) is 13.1. The molecule has 0 saturated heterocycles. The second kappa shape index (κ2) is 7.34. The van der Waals surface area contributed by atoms with Crippen LogP contribution in [0.15, 0.2) is 36.4 Å². The number of hydrogen-bond acceptors (Lipinski definition) is 0.